The van der Waals surface area contributed by atoms with Crippen LogP contribution in [0.25, 0.3) is 0 Å². The van der Waals surface area contributed by atoms with Crippen LogP contribution in [-0.2, 0) is 4.74 Å². The highest BCUT2D eigenvalue weighted by molar-refractivity contribution is 5.96. The molecule has 0 unspecified atom stereocenters. The van der Waals surface area contributed by atoms with Crippen LogP contribution in [0.15, 0.2) is 53.9 Å². The molecule has 0 atom stereocenters. The van der Waals surface area contributed by atoms with Crippen LogP contribution < -0.4 is 0 Å². The van der Waals surface area contributed by atoms with Crippen LogP contribution in [0.4, 0.5) is 0 Å². The number of aliphatic imine (C=N–C) groups is 1. The van der Waals surface area contributed by atoms with E-state index in [1.807, 2.05) is 32.9 Å². The van der Waals surface area contributed by atoms with E-state index in [1.165, 1.54) is 0 Å². The highest BCUT2D eigenvalue weighted by atomic mass is 16.5. The lowest BCUT2D eigenvalue weighted by atomic mass is 10.3. The molecule has 0 heterocycles. The van der Waals surface area contributed by atoms with E-state index in [2.05, 4.69) is 18.2 Å². The Morgan fingerprint density at radius 3 is 2.47 bits per heavy atom. The van der Waals surface area contributed by atoms with Crippen molar-refractivity contribution < 1.29 is 4.74 Å². The quantitative estimate of drug-likeness (QED) is 0.281. The number of hydrogen-bond donors (Lipinski definition) is 0. The summed E-state index contributed by atoms with van der Waals surface area (Å²) in [5, 5.41) is 0. The minimum atomic E-state index is 0.497. The van der Waals surface area contributed by atoms with Gasteiger partial charge in [-0.25, -0.2) is 0 Å². The Bertz CT molecular complexity index is 308. The van der Waals surface area contributed by atoms with Crippen molar-refractivity contribution in [3.05, 3.63) is 48.9 Å². The minimum absolute atomic E-state index is 0.497. The highest BCUT2D eigenvalue weighted by Crippen LogP contribution is 2.05. The molecule has 0 amide bonds. The fourth-order valence-electron chi connectivity index (χ4n) is 1.07. The second kappa shape index (κ2) is 7.80. The first-order valence-corrected chi connectivity index (χ1v) is 4.90. The van der Waals surface area contributed by atoms with Gasteiger partial charge in [-0.2, -0.15) is 0 Å². The molecule has 0 aromatic rings. The highest BCUT2D eigenvalue weighted by Gasteiger charge is 2.00. The Morgan fingerprint density at radius 2 is 2.00 bits per heavy atom. The predicted molar refractivity (Wildman–Crippen MR) is 67.0 cm³/mol. The molecule has 82 valence electrons. The largest absolute Gasteiger partial charge is 0.488 e. The van der Waals surface area contributed by atoms with E-state index in [-0.39, 0.29) is 0 Å². The number of nitrogens with zero attached hydrogens (tertiary/aromatic N) is 1. The zero-order valence-corrected chi connectivity index (χ0v) is 9.79. The monoisotopic (exact) mass is 205 g/mol. The summed E-state index contributed by atoms with van der Waals surface area (Å²) >= 11 is 0. The molecule has 0 aromatic carbocycles. The third-order valence-electron chi connectivity index (χ3n) is 1.68. The molecule has 0 aromatic heterocycles. The first-order valence-electron chi connectivity index (χ1n) is 4.90. The Hall–Kier alpha value is -1.57. The first kappa shape index (κ1) is 13.4. The average molecular weight is 205 g/mol. The molecule has 0 N–H and O–H groups in total. The summed E-state index contributed by atoms with van der Waals surface area (Å²) in [5.41, 5.74) is 1.76. The molecule has 0 fully saturated rings. The minimum Gasteiger partial charge on any atom is -0.488 e. The van der Waals surface area contributed by atoms with Crippen LogP contribution in [0.1, 0.15) is 20.8 Å². The van der Waals surface area contributed by atoms with E-state index in [0.29, 0.717) is 6.61 Å². The van der Waals surface area contributed by atoms with Gasteiger partial charge < -0.3 is 4.74 Å². The molecule has 0 radical (unpaired) electrons. The van der Waals surface area contributed by atoms with Crippen LogP contribution in [0.5, 0.6) is 0 Å². The van der Waals surface area contributed by atoms with Gasteiger partial charge in [0.05, 0.1) is 5.71 Å². The van der Waals surface area contributed by atoms with Gasteiger partial charge in [-0.15, -0.1) is 0 Å². The normalized spacial score (nSPS) is 13.7. The standard InChI is InChI=1S/C13H19NO/c1-6-9-11(4)14-12(5)13(8-3)15-10-7-2/h6-9H,1-2,10H2,3-5H3/b11-9+,13-8+,14-12-. The van der Waals surface area contributed by atoms with Crippen molar-refractivity contribution in [1.29, 1.82) is 0 Å². The van der Waals surface area contributed by atoms with Crippen molar-refractivity contribution in [3.8, 4) is 0 Å². The second-order valence-corrected chi connectivity index (χ2v) is 2.99. The topological polar surface area (TPSA) is 21.6 Å². The van der Waals surface area contributed by atoms with E-state index in [4.69, 9.17) is 4.74 Å². The SMILES string of the molecule is C=C/C=C(C)/N=C(C)\C(=C/C)OCC=C. The zero-order chi connectivity index (χ0) is 11.7. The van der Waals surface area contributed by atoms with Crippen molar-refractivity contribution in [2.45, 2.75) is 20.8 Å². The van der Waals surface area contributed by atoms with Crippen LogP contribution >= 0.6 is 0 Å². The molecule has 0 aliphatic carbocycles. The molecular weight excluding hydrogens is 186 g/mol. The fraction of sp³-hybridized carbons (Fsp3) is 0.308. The second-order valence-electron chi connectivity index (χ2n) is 2.99. The predicted octanol–water partition coefficient (Wildman–Crippen LogP) is 3.64. The van der Waals surface area contributed by atoms with E-state index in [1.54, 1.807) is 12.2 Å². The molecule has 0 rings (SSSR count). The summed E-state index contributed by atoms with van der Waals surface area (Å²) in [7, 11) is 0. The summed E-state index contributed by atoms with van der Waals surface area (Å²) in [5.74, 6) is 0.784. The Balaban J connectivity index is 4.64. The molecule has 0 aliphatic heterocycles. The van der Waals surface area contributed by atoms with Crippen LogP contribution in [0, 0.1) is 0 Å². The molecule has 0 bridgehead atoms. The van der Waals surface area contributed by atoms with Gasteiger partial charge in [0.1, 0.15) is 12.4 Å². The van der Waals surface area contributed by atoms with Crippen LogP contribution in [0.2, 0.25) is 0 Å². The molecule has 2 nitrogen and oxygen atoms in total. The fourth-order valence-corrected chi connectivity index (χ4v) is 1.07. The molecule has 2 heteroatoms. The van der Waals surface area contributed by atoms with E-state index in [0.717, 1.165) is 17.2 Å². The van der Waals surface area contributed by atoms with E-state index < -0.39 is 0 Å². The molecule has 15 heavy (non-hydrogen) atoms. The summed E-state index contributed by atoms with van der Waals surface area (Å²) in [4.78, 5) is 4.37. The number of rotatable bonds is 6. The maximum absolute atomic E-state index is 5.44. The third kappa shape index (κ3) is 5.68. The van der Waals surface area contributed by atoms with Gasteiger partial charge in [0, 0.05) is 5.70 Å². The van der Waals surface area contributed by atoms with Gasteiger partial charge in [-0.3, -0.25) is 4.99 Å². The van der Waals surface area contributed by atoms with Crippen molar-refractivity contribution in [3.63, 3.8) is 0 Å². The summed E-state index contributed by atoms with van der Waals surface area (Å²) in [6, 6.07) is 0. The molecule has 0 saturated carbocycles. The van der Waals surface area contributed by atoms with Crippen LogP contribution in [-0.4, -0.2) is 12.3 Å². The van der Waals surface area contributed by atoms with Gasteiger partial charge in [0.2, 0.25) is 0 Å². The maximum Gasteiger partial charge on any atom is 0.136 e. The summed E-state index contributed by atoms with van der Waals surface area (Å²) in [6.45, 7) is 13.5. The van der Waals surface area contributed by atoms with Gasteiger partial charge in [-0.1, -0.05) is 25.3 Å². The molecule has 0 spiro atoms. The number of hydrogen-bond acceptors (Lipinski definition) is 2. The number of allylic oxidation sites excluding steroid dienone is 5. The van der Waals surface area contributed by atoms with Crippen molar-refractivity contribution in [2.75, 3.05) is 6.61 Å². The summed E-state index contributed by atoms with van der Waals surface area (Å²) in [6.07, 6.45) is 7.17. The third-order valence-corrected chi connectivity index (χ3v) is 1.68. The van der Waals surface area contributed by atoms with Crippen LogP contribution in [0.3, 0.4) is 0 Å². The molecular formula is C13H19NO. The lowest BCUT2D eigenvalue weighted by molar-refractivity contribution is 0.268. The van der Waals surface area contributed by atoms with Crippen molar-refractivity contribution in [2.24, 2.45) is 4.99 Å². The Kier molecular flexibility index (Phi) is 6.98. The van der Waals surface area contributed by atoms with Gasteiger partial charge in [-0.05, 0) is 32.9 Å². The van der Waals surface area contributed by atoms with E-state index in [9.17, 15) is 0 Å². The number of ether oxygens (including phenoxy) is 1. The Morgan fingerprint density at radius 1 is 1.33 bits per heavy atom. The lowest BCUT2D eigenvalue weighted by Gasteiger charge is -2.07. The van der Waals surface area contributed by atoms with E-state index >= 15 is 0 Å². The van der Waals surface area contributed by atoms with Crippen molar-refractivity contribution in [1.82, 2.24) is 0 Å². The first-order chi connectivity index (χ1) is 7.15. The van der Waals surface area contributed by atoms with Gasteiger partial charge in [0.15, 0.2) is 0 Å². The van der Waals surface area contributed by atoms with Crippen molar-refractivity contribution >= 4 is 5.71 Å². The van der Waals surface area contributed by atoms with Gasteiger partial charge >= 0.3 is 0 Å². The van der Waals surface area contributed by atoms with Gasteiger partial charge in [0.25, 0.3) is 0 Å². The maximum atomic E-state index is 5.44. The lowest BCUT2D eigenvalue weighted by Crippen LogP contribution is -2.02. The molecule has 0 aliphatic rings. The summed E-state index contributed by atoms with van der Waals surface area (Å²) < 4.78 is 5.44. The average Bonchev–Trinajstić information content (AvgIpc) is 2.19. The smallest absolute Gasteiger partial charge is 0.136 e. The Labute approximate surface area is 92.4 Å². The molecule has 0 saturated heterocycles. The zero-order valence-electron chi connectivity index (χ0n) is 9.79.